The number of aromatic nitrogens is 1. The van der Waals surface area contributed by atoms with E-state index < -0.39 is 12.1 Å². The van der Waals surface area contributed by atoms with Gasteiger partial charge in [0, 0.05) is 17.6 Å². The van der Waals surface area contributed by atoms with Crippen LogP contribution in [0, 0.1) is 0 Å². The van der Waals surface area contributed by atoms with Crippen LogP contribution in [0.1, 0.15) is 10.5 Å². The summed E-state index contributed by atoms with van der Waals surface area (Å²) in [4.78, 5) is 27.2. The third kappa shape index (κ3) is 7.18. The van der Waals surface area contributed by atoms with Crippen LogP contribution in [0.4, 0.5) is 10.5 Å². The normalized spacial score (nSPS) is 10.4. The lowest BCUT2D eigenvalue weighted by Gasteiger charge is -2.11. The number of pyridine rings is 1. The Hall–Kier alpha value is -3.76. The fraction of sp³-hybridized carbons (Fsp3) is 0.182. The lowest BCUT2D eigenvalue weighted by atomic mass is 10.2. The van der Waals surface area contributed by atoms with Crippen molar-refractivity contribution in [1.29, 1.82) is 0 Å². The third-order valence-corrected chi connectivity index (χ3v) is 4.37. The molecule has 0 saturated carbocycles. The molecule has 0 spiro atoms. The molecule has 0 aliphatic carbocycles. The summed E-state index contributed by atoms with van der Waals surface area (Å²) < 4.78 is 15.5. The van der Waals surface area contributed by atoms with Gasteiger partial charge in [0.2, 0.25) is 0 Å². The predicted molar refractivity (Wildman–Crippen MR) is 124 cm³/mol. The summed E-state index contributed by atoms with van der Waals surface area (Å²) in [6.07, 6.45) is -0.846. The summed E-state index contributed by atoms with van der Waals surface area (Å²) in [5.41, 5.74) is 6.84. The topological polar surface area (TPSA) is 125 Å². The van der Waals surface area contributed by atoms with E-state index in [0.717, 1.165) is 5.69 Å². The molecule has 1 heterocycles. The number of thiocarbonyl (C=S) groups is 1. The van der Waals surface area contributed by atoms with Gasteiger partial charge in [-0.1, -0.05) is 24.3 Å². The van der Waals surface area contributed by atoms with Crippen LogP contribution < -0.4 is 21.1 Å². The Morgan fingerprint density at radius 1 is 1.00 bits per heavy atom. The van der Waals surface area contributed by atoms with E-state index in [4.69, 9.17) is 32.2 Å². The first-order chi connectivity index (χ1) is 15.5. The minimum atomic E-state index is -0.846. The van der Waals surface area contributed by atoms with Crippen molar-refractivity contribution in [3.8, 4) is 5.75 Å². The number of para-hydroxylation sites is 1. The molecule has 0 atom stereocenters. The number of rotatable bonds is 9. The number of nitrogens with one attached hydrogen (secondary N) is 2. The van der Waals surface area contributed by atoms with E-state index in [0.29, 0.717) is 34.9 Å². The van der Waals surface area contributed by atoms with Crippen molar-refractivity contribution in [2.75, 3.05) is 31.7 Å². The van der Waals surface area contributed by atoms with E-state index in [9.17, 15) is 9.59 Å². The molecule has 2 aromatic carbocycles. The molecule has 3 aromatic rings. The Balaban J connectivity index is 1.30. The number of nitrogens with two attached hydrogens (primary N) is 1. The molecule has 0 fully saturated rings. The van der Waals surface area contributed by atoms with Crippen molar-refractivity contribution in [2.24, 2.45) is 5.73 Å². The maximum atomic E-state index is 11.8. The van der Waals surface area contributed by atoms with E-state index in [2.05, 4.69) is 15.6 Å². The van der Waals surface area contributed by atoms with Gasteiger partial charge in [-0.25, -0.2) is 9.78 Å². The van der Waals surface area contributed by atoms with E-state index >= 15 is 0 Å². The molecule has 3 rings (SSSR count). The second-order valence-electron chi connectivity index (χ2n) is 6.48. The van der Waals surface area contributed by atoms with Crippen LogP contribution >= 0.6 is 12.2 Å². The number of carbonyl (C=O) groups excluding carboxylic acids is 2. The number of nitrogens with zero attached hydrogens (tertiary/aromatic N) is 1. The highest BCUT2D eigenvalue weighted by Crippen LogP contribution is 2.20. The predicted octanol–water partition coefficient (Wildman–Crippen LogP) is 2.85. The maximum absolute atomic E-state index is 11.8. The van der Waals surface area contributed by atoms with Gasteiger partial charge in [-0.3, -0.25) is 4.79 Å². The molecule has 0 unspecified atom stereocenters. The van der Waals surface area contributed by atoms with Crippen molar-refractivity contribution in [3.05, 3.63) is 66.4 Å². The quantitative estimate of drug-likeness (QED) is 0.194. The summed E-state index contributed by atoms with van der Waals surface area (Å²) in [5.74, 6) is -0.318. The van der Waals surface area contributed by atoms with Crippen molar-refractivity contribution in [2.45, 2.75) is 0 Å². The Morgan fingerprint density at radius 3 is 2.59 bits per heavy atom. The van der Waals surface area contributed by atoms with Gasteiger partial charge in [-0.15, -0.1) is 0 Å². The first kappa shape index (κ1) is 22.9. The maximum Gasteiger partial charge on any atom is 0.513 e. The molecule has 0 radical (unpaired) electrons. The first-order valence-corrected chi connectivity index (χ1v) is 10.1. The van der Waals surface area contributed by atoms with Crippen LogP contribution in [0.15, 0.2) is 60.7 Å². The number of ether oxygens (including phenoxy) is 3. The second-order valence-corrected chi connectivity index (χ2v) is 6.88. The van der Waals surface area contributed by atoms with Gasteiger partial charge in [0.05, 0.1) is 18.7 Å². The van der Waals surface area contributed by atoms with Crippen LogP contribution in [0.3, 0.4) is 0 Å². The van der Waals surface area contributed by atoms with Gasteiger partial charge < -0.3 is 30.6 Å². The largest absolute Gasteiger partial charge is 0.513 e. The van der Waals surface area contributed by atoms with Crippen molar-refractivity contribution in [3.63, 3.8) is 0 Å². The monoisotopic (exact) mass is 454 g/mol. The lowest BCUT2D eigenvalue weighted by Crippen LogP contribution is -2.31. The zero-order chi connectivity index (χ0) is 22.8. The minimum absolute atomic E-state index is 0.0443. The van der Waals surface area contributed by atoms with Crippen LogP contribution in [-0.4, -0.2) is 48.5 Å². The molecule has 1 amide bonds. The van der Waals surface area contributed by atoms with Crippen molar-refractivity contribution < 1.29 is 23.8 Å². The lowest BCUT2D eigenvalue weighted by molar-refractivity contribution is 0.0537. The van der Waals surface area contributed by atoms with Gasteiger partial charge in [0.1, 0.15) is 18.1 Å². The highest BCUT2D eigenvalue weighted by Gasteiger charge is 2.09. The zero-order valence-electron chi connectivity index (χ0n) is 17.1. The SMILES string of the molecule is NC(=O)c1ccc2cc(OC(=O)OCCOCCNC(=S)Nc3ccccc3)ccc2n1. The molecule has 0 aliphatic heterocycles. The molecule has 4 N–H and O–H groups in total. The number of carbonyl (C=O) groups is 2. The van der Waals surface area contributed by atoms with Gasteiger partial charge in [-0.2, -0.15) is 0 Å². The molecule has 1 aromatic heterocycles. The Bertz CT molecular complexity index is 1090. The van der Waals surface area contributed by atoms with Crippen molar-refractivity contribution in [1.82, 2.24) is 10.3 Å². The summed E-state index contributed by atoms with van der Waals surface area (Å²) in [6, 6.07) is 17.5. The number of benzene rings is 2. The summed E-state index contributed by atoms with van der Waals surface area (Å²) >= 11 is 5.19. The summed E-state index contributed by atoms with van der Waals surface area (Å²) in [5, 5.41) is 7.26. The third-order valence-electron chi connectivity index (χ3n) is 4.13. The fourth-order valence-electron chi connectivity index (χ4n) is 2.65. The van der Waals surface area contributed by atoms with E-state index in [-0.39, 0.29) is 18.9 Å². The smallest absolute Gasteiger partial charge is 0.432 e. The zero-order valence-corrected chi connectivity index (χ0v) is 17.9. The molecule has 166 valence electrons. The molecule has 0 bridgehead atoms. The number of hydrogen-bond donors (Lipinski definition) is 3. The number of primary amides is 1. The molecule has 32 heavy (non-hydrogen) atoms. The number of amides is 1. The molecule has 9 nitrogen and oxygen atoms in total. The average molecular weight is 455 g/mol. The van der Waals surface area contributed by atoms with E-state index in [1.165, 1.54) is 6.07 Å². The highest BCUT2D eigenvalue weighted by molar-refractivity contribution is 7.80. The number of anilines is 1. The molecule has 10 heteroatoms. The average Bonchev–Trinajstić information content (AvgIpc) is 2.78. The number of hydrogen-bond acceptors (Lipinski definition) is 7. The van der Waals surface area contributed by atoms with Crippen LogP contribution in [0.5, 0.6) is 5.75 Å². The summed E-state index contributed by atoms with van der Waals surface area (Å²) in [7, 11) is 0. The minimum Gasteiger partial charge on any atom is -0.432 e. The molecular weight excluding hydrogens is 432 g/mol. The Labute approximate surface area is 189 Å². The van der Waals surface area contributed by atoms with Crippen LogP contribution in [0.25, 0.3) is 10.9 Å². The first-order valence-electron chi connectivity index (χ1n) is 9.74. The van der Waals surface area contributed by atoms with Crippen LogP contribution in [-0.2, 0) is 9.47 Å². The standard InChI is InChI=1S/C22H22N4O5S/c23-20(27)19-8-6-15-14-17(7-9-18(15)26-19)31-22(28)30-13-12-29-11-10-24-21(32)25-16-4-2-1-3-5-16/h1-9,14H,10-13H2,(H2,23,27)(H2,24,25,32). The number of fused-ring (bicyclic) bond motifs is 1. The van der Waals surface area contributed by atoms with Gasteiger partial charge in [0.25, 0.3) is 5.91 Å². The highest BCUT2D eigenvalue weighted by atomic mass is 32.1. The van der Waals surface area contributed by atoms with E-state index in [1.807, 2.05) is 30.3 Å². The fourth-order valence-corrected chi connectivity index (χ4v) is 2.87. The van der Waals surface area contributed by atoms with Crippen molar-refractivity contribution >= 4 is 46.0 Å². The van der Waals surface area contributed by atoms with Gasteiger partial charge in [0.15, 0.2) is 5.11 Å². The van der Waals surface area contributed by atoms with Gasteiger partial charge in [-0.05, 0) is 48.6 Å². The molecule has 0 saturated heterocycles. The molecular formula is C22H22N4O5S. The Kier molecular flexibility index (Phi) is 8.29. The molecule has 0 aliphatic rings. The summed E-state index contributed by atoms with van der Waals surface area (Å²) in [6.45, 7) is 1.15. The Morgan fingerprint density at radius 2 is 1.81 bits per heavy atom. The van der Waals surface area contributed by atoms with E-state index in [1.54, 1.807) is 24.3 Å². The van der Waals surface area contributed by atoms with Crippen LogP contribution in [0.2, 0.25) is 0 Å². The van der Waals surface area contributed by atoms with Gasteiger partial charge >= 0.3 is 6.16 Å². The second kappa shape index (κ2) is 11.6.